The Morgan fingerprint density at radius 2 is 1.09 bits per heavy atom. The number of hydrogen-bond donors (Lipinski definition) is 0. The molecule has 0 fully saturated rings. The molecule has 11 heteroatoms. The first-order chi connectivity index (χ1) is 21.9. The van der Waals surface area contributed by atoms with E-state index in [0.717, 1.165) is 11.6 Å². The summed E-state index contributed by atoms with van der Waals surface area (Å²) in [7, 11) is 0. The molecule has 0 saturated carbocycles. The van der Waals surface area contributed by atoms with Crippen molar-refractivity contribution in [3.8, 4) is 11.5 Å². The number of carbonyl (C=O) groups excluding carboxylic acids is 2. The first-order valence-corrected chi connectivity index (χ1v) is 13.8. The van der Waals surface area contributed by atoms with Crippen molar-refractivity contribution in [3.63, 3.8) is 0 Å². The summed E-state index contributed by atoms with van der Waals surface area (Å²) in [6, 6.07) is 26.7. The number of carbonyl (C=O) groups is 2. The molecule has 0 unspecified atom stereocenters. The summed E-state index contributed by atoms with van der Waals surface area (Å²) >= 11 is 0. The molecule has 0 aliphatic heterocycles. The van der Waals surface area contributed by atoms with Gasteiger partial charge in [-0.1, -0.05) is 13.2 Å². The van der Waals surface area contributed by atoms with Crippen molar-refractivity contribution in [3.05, 3.63) is 122 Å². The van der Waals surface area contributed by atoms with Crippen LogP contribution in [0.15, 0.2) is 147 Å². The van der Waals surface area contributed by atoms with Gasteiger partial charge in [0.1, 0.15) is 11.5 Å². The molecule has 0 aliphatic carbocycles. The van der Waals surface area contributed by atoms with Gasteiger partial charge in [-0.15, -0.1) is 0 Å². The molecule has 4 aromatic carbocycles. The second kappa shape index (κ2) is 16.5. The molecule has 0 N–H and O–H groups in total. The van der Waals surface area contributed by atoms with Crippen LogP contribution in [0.5, 0.6) is 11.5 Å². The lowest BCUT2D eigenvalue weighted by molar-refractivity contribution is -0.144. The lowest BCUT2D eigenvalue weighted by Gasteiger charge is -2.05. The van der Waals surface area contributed by atoms with E-state index in [4.69, 9.17) is 14.2 Å². The maximum absolute atomic E-state index is 11.3. The van der Waals surface area contributed by atoms with Gasteiger partial charge >= 0.3 is 5.97 Å². The van der Waals surface area contributed by atoms with Crippen LogP contribution in [0.2, 0.25) is 0 Å². The van der Waals surface area contributed by atoms with Crippen molar-refractivity contribution in [1.29, 1.82) is 0 Å². The van der Waals surface area contributed by atoms with Crippen LogP contribution in [0.1, 0.15) is 12.0 Å². The summed E-state index contributed by atoms with van der Waals surface area (Å²) < 4.78 is 15.7. The smallest absolute Gasteiger partial charge is 0.333 e. The molecule has 0 heterocycles. The van der Waals surface area contributed by atoms with Gasteiger partial charge in [-0.05, 0) is 110 Å². The lowest BCUT2D eigenvalue weighted by Crippen LogP contribution is -2.07. The van der Waals surface area contributed by atoms with E-state index >= 15 is 0 Å². The van der Waals surface area contributed by atoms with Crippen molar-refractivity contribution in [2.24, 2.45) is 30.7 Å². The Kier molecular flexibility index (Phi) is 11.7. The Morgan fingerprint density at radius 1 is 0.622 bits per heavy atom. The second-order valence-corrected chi connectivity index (χ2v) is 9.27. The molecule has 4 aromatic rings. The zero-order chi connectivity index (χ0) is 31.9. The average Bonchev–Trinajstić information content (AvgIpc) is 3.07. The SMILES string of the molecule is C=CC(=O)CCOc1ccc(N=Nc2ccc(N=Nc3ccc(N=Nc4ccc(OCOC(=O)C=C)cc4)cc3C)cc2)cc1. The predicted octanol–water partition coefficient (Wildman–Crippen LogP) is 9.83. The quantitative estimate of drug-likeness (QED) is 0.0577. The van der Waals surface area contributed by atoms with E-state index in [2.05, 4.69) is 43.8 Å². The van der Waals surface area contributed by atoms with Crippen LogP contribution in [-0.4, -0.2) is 25.2 Å². The van der Waals surface area contributed by atoms with Crippen LogP contribution in [0, 0.1) is 6.92 Å². The standard InChI is InChI=1S/C34H30N6O5/c1-4-30(41)20-21-43-31-15-10-27(11-16-31)36-35-25-6-8-26(9-7-25)38-40-33-19-14-29(22-24(33)3)39-37-28-12-17-32(18-13-28)44-23-45-34(42)5-2/h4-19,22H,1-2,20-21,23H2,3H3. The van der Waals surface area contributed by atoms with Crippen LogP contribution in [0.25, 0.3) is 0 Å². The van der Waals surface area contributed by atoms with Crippen LogP contribution < -0.4 is 9.47 Å². The molecule has 0 amide bonds. The number of benzene rings is 4. The maximum atomic E-state index is 11.3. The molecular weight excluding hydrogens is 572 g/mol. The molecule has 226 valence electrons. The molecule has 0 spiro atoms. The van der Waals surface area contributed by atoms with E-state index in [0.29, 0.717) is 52.2 Å². The van der Waals surface area contributed by atoms with E-state index < -0.39 is 5.97 Å². The Labute approximate surface area is 260 Å². The summed E-state index contributed by atoms with van der Waals surface area (Å²) in [6.07, 6.45) is 2.64. The van der Waals surface area contributed by atoms with Crippen LogP contribution in [-0.2, 0) is 14.3 Å². The van der Waals surface area contributed by atoms with Gasteiger partial charge < -0.3 is 14.2 Å². The van der Waals surface area contributed by atoms with Gasteiger partial charge in [0.15, 0.2) is 5.78 Å². The van der Waals surface area contributed by atoms with Crippen molar-refractivity contribution < 1.29 is 23.8 Å². The number of esters is 1. The molecule has 0 bridgehead atoms. The van der Waals surface area contributed by atoms with Crippen molar-refractivity contribution in [1.82, 2.24) is 0 Å². The van der Waals surface area contributed by atoms with Crippen molar-refractivity contribution in [2.75, 3.05) is 13.4 Å². The predicted molar refractivity (Wildman–Crippen MR) is 170 cm³/mol. The third kappa shape index (κ3) is 10.6. The monoisotopic (exact) mass is 602 g/mol. The minimum atomic E-state index is -0.555. The first kappa shape index (κ1) is 31.8. The Balaban J connectivity index is 1.27. The summed E-state index contributed by atoms with van der Waals surface area (Å²) in [5, 5.41) is 25.7. The van der Waals surface area contributed by atoms with Crippen molar-refractivity contribution >= 4 is 45.9 Å². The van der Waals surface area contributed by atoms with E-state index in [1.165, 1.54) is 6.08 Å². The van der Waals surface area contributed by atoms with Gasteiger partial charge in [-0.2, -0.15) is 30.7 Å². The van der Waals surface area contributed by atoms with Crippen molar-refractivity contribution in [2.45, 2.75) is 13.3 Å². The fraction of sp³-hybridized carbons (Fsp3) is 0.118. The molecule has 11 nitrogen and oxygen atoms in total. The first-order valence-electron chi connectivity index (χ1n) is 13.8. The number of allylic oxidation sites excluding steroid dienone is 1. The molecule has 0 aromatic heterocycles. The van der Waals surface area contributed by atoms with Gasteiger partial charge in [0.25, 0.3) is 0 Å². The second-order valence-electron chi connectivity index (χ2n) is 9.27. The van der Waals surface area contributed by atoms with E-state index in [9.17, 15) is 9.59 Å². The van der Waals surface area contributed by atoms with Gasteiger partial charge in [0.2, 0.25) is 6.79 Å². The minimum absolute atomic E-state index is 0.0577. The summed E-state index contributed by atoms with van der Waals surface area (Å²) in [5.41, 5.74) is 4.89. The molecule has 0 radical (unpaired) electrons. The average molecular weight is 603 g/mol. The highest BCUT2D eigenvalue weighted by atomic mass is 16.7. The molecule has 4 rings (SSSR count). The third-order valence-electron chi connectivity index (χ3n) is 5.98. The van der Waals surface area contributed by atoms with Gasteiger partial charge in [-0.3, -0.25) is 4.79 Å². The fourth-order valence-electron chi connectivity index (χ4n) is 3.55. The van der Waals surface area contributed by atoms with Gasteiger partial charge in [0, 0.05) is 12.5 Å². The lowest BCUT2D eigenvalue weighted by atomic mass is 10.2. The number of ketones is 1. The number of rotatable bonds is 15. The highest BCUT2D eigenvalue weighted by Crippen LogP contribution is 2.29. The highest BCUT2D eigenvalue weighted by Gasteiger charge is 2.02. The maximum Gasteiger partial charge on any atom is 0.333 e. The van der Waals surface area contributed by atoms with Gasteiger partial charge in [0.05, 0.1) is 40.7 Å². The summed E-state index contributed by atoms with van der Waals surface area (Å²) in [6.45, 7) is 8.78. The third-order valence-corrected chi connectivity index (χ3v) is 5.98. The van der Waals surface area contributed by atoms with Crippen LogP contribution in [0.3, 0.4) is 0 Å². The van der Waals surface area contributed by atoms with E-state index in [-0.39, 0.29) is 19.0 Å². The Bertz CT molecular complexity index is 1710. The zero-order valence-corrected chi connectivity index (χ0v) is 24.6. The fourth-order valence-corrected chi connectivity index (χ4v) is 3.55. The van der Waals surface area contributed by atoms with E-state index in [1.807, 2.05) is 25.1 Å². The largest absolute Gasteiger partial charge is 0.493 e. The molecular formula is C34H30N6O5. The molecule has 0 aliphatic rings. The number of hydrogen-bond acceptors (Lipinski definition) is 11. The molecule has 0 saturated heterocycles. The number of aryl methyl sites for hydroxylation is 1. The van der Waals surface area contributed by atoms with E-state index in [1.54, 1.807) is 72.8 Å². The van der Waals surface area contributed by atoms with Crippen LogP contribution in [0.4, 0.5) is 34.1 Å². The normalized spacial score (nSPS) is 11.1. The topological polar surface area (TPSA) is 136 Å². The number of nitrogens with zero attached hydrogens (tertiary/aromatic N) is 6. The highest BCUT2D eigenvalue weighted by molar-refractivity contribution is 5.89. The number of azo groups is 3. The Morgan fingerprint density at radius 3 is 1.60 bits per heavy atom. The van der Waals surface area contributed by atoms with Crippen LogP contribution >= 0.6 is 0 Å². The Hall–Kier alpha value is -6.10. The number of ether oxygens (including phenoxy) is 3. The summed E-state index contributed by atoms with van der Waals surface area (Å²) in [5.74, 6) is 0.564. The molecule has 0 atom stereocenters. The van der Waals surface area contributed by atoms with Gasteiger partial charge in [-0.25, -0.2) is 4.79 Å². The summed E-state index contributed by atoms with van der Waals surface area (Å²) in [4.78, 5) is 22.3. The zero-order valence-electron chi connectivity index (χ0n) is 24.6. The minimum Gasteiger partial charge on any atom is -0.493 e. The molecule has 45 heavy (non-hydrogen) atoms.